The zero-order chi connectivity index (χ0) is 28.1. The number of methoxy groups -OCH3 is 1. The van der Waals surface area contributed by atoms with Crippen LogP contribution in [0.2, 0.25) is 0 Å². The maximum atomic E-state index is 13.1. The van der Waals surface area contributed by atoms with Gasteiger partial charge in [0.2, 0.25) is 5.91 Å². The number of hydrogen-bond donors (Lipinski definition) is 2. The quantitative estimate of drug-likeness (QED) is 0.339. The Kier molecular flexibility index (Phi) is 7.94. The van der Waals surface area contributed by atoms with Crippen LogP contribution in [0.25, 0.3) is 10.9 Å². The Morgan fingerprint density at radius 1 is 0.900 bits per heavy atom. The number of amides is 2. The Hall–Kier alpha value is -4.48. The van der Waals surface area contributed by atoms with Gasteiger partial charge in [-0.3, -0.25) is 24.2 Å². The highest BCUT2D eigenvalue weighted by Crippen LogP contribution is 2.24. The van der Waals surface area contributed by atoms with Gasteiger partial charge in [0.1, 0.15) is 10.6 Å². The molecule has 206 valence electrons. The van der Waals surface area contributed by atoms with Crippen LogP contribution in [-0.4, -0.2) is 74.8 Å². The highest BCUT2D eigenvalue weighted by atomic mass is 32.2. The van der Waals surface area contributed by atoms with Gasteiger partial charge in [-0.25, -0.2) is 8.42 Å². The van der Waals surface area contributed by atoms with Crippen LogP contribution < -0.4 is 14.8 Å². The fourth-order valence-electron chi connectivity index (χ4n) is 4.62. The zero-order valence-corrected chi connectivity index (χ0v) is 22.7. The summed E-state index contributed by atoms with van der Waals surface area (Å²) in [6.07, 6.45) is 1.55. The van der Waals surface area contributed by atoms with Crippen molar-refractivity contribution in [2.24, 2.45) is 0 Å². The number of benzene rings is 3. The number of sulfonamides is 1. The molecule has 1 saturated heterocycles. The third-order valence-electron chi connectivity index (χ3n) is 6.68. The fourth-order valence-corrected chi connectivity index (χ4v) is 5.86. The van der Waals surface area contributed by atoms with Crippen molar-refractivity contribution < 1.29 is 22.7 Å². The Bertz CT molecular complexity index is 1630. The number of pyridine rings is 1. The molecule has 4 aromatic rings. The lowest BCUT2D eigenvalue weighted by atomic mass is 10.1. The van der Waals surface area contributed by atoms with E-state index in [1.807, 2.05) is 17.0 Å². The second-order valence-electron chi connectivity index (χ2n) is 9.33. The molecule has 0 atom stereocenters. The Morgan fingerprint density at radius 3 is 2.38 bits per heavy atom. The third kappa shape index (κ3) is 6.05. The molecule has 2 N–H and O–H groups in total. The summed E-state index contributed by atoms with van der Waals surface area (Å²) >= 11 is 0. The van der Waals surface area contributed by atoms with Gasteiger partial charge in [0.15, 0.2) is 0 Å². The summed E-state index contributed by atoms with van der Waals surface area (Å²) < 4.78 is 34.0. The second kappa shape index (κ2) is 11.7. The molecule has 0 bridgehead atoms. The monoisotopic (exact) mass is 559 g/mol. The van der Waals surface area contributed by atoms with Crippen molar-refractivity contribution in [2.75, 3.05) is 49.9 Å². The predicted molar refractivity (Wildman–Crippen MR) is 153 cm³/mol. The molecule has 2 amide bonds. The first-order valence-corrected chi connectivity index (χ1v) is 14.2. The van der Waals surface area contributed by atoms with Gasteiger partial charge in [-0.2, -0.15) is 0 Å². The van der Waals surface area contributed by atoms with Crippen molar-refractivity contribution >= 4 is 44.1 Å². The smallest absolute Gasteiger partial charge is 0.264 e. The lowest BCUT2D eigenvalue weighted by Gasteiger charge is -2.34. The first-order valence-electron chi connectivity index (χ1n) is 12.8. The summed E-state index contributed by atoms with van der Waals surface area (Å²) in [5.41, 5.74) is 1.80. The van der Waals surface area contributed by atoms with Crippen molar-refractivity contribution in [3.63, 3.8) is 0 Å². The molecule has 11 heteroatoms. The van der Waals surface area contributed by atoms with E-state index in [0.29, 0.717) is 54.4 Å². The van der Waals surface area contributed by atoms with Gasteiger partial charge in [-0.1, -0.05) is 30.3 Å². The van der Waals surface area contributed by atoms with E-state index in [9.17, 15) is 18.0 Å². The van der Waals surface area contributed by atoms with E-state index >= 15 is 0 Å². The van der Waals surface area contributed by atoms with Gasteiger partial charge < -0.3 is 15.0 Å². The molecule has 0 unspecified atom stereocenters. The molecule has 0 radical (unpaired) electrons. The summed E-state index contributed by atoms with van der Waals surface area (Å²) in [6.45, 7) is 2.28. The van der Waals surface area contributed by atoms with E-state index < -0.39 is 10.0 Å². The number of piperazine rings is 1. The number of nitrogens with zero attached hydrogens (tertiary/aromatic N) is 3. The Balaban J connectivity index is 1.16. The summed E-state index contributed by atoms with van der Waals surface area (Å²) in [4.78, 5) is 33.6. The maximum absolute atomic E-state index is 13.1. The number of nitrogens with one attached hydrogen (secondary N) is 2. The van der Waals surface area contributed by atoms with Gasteiger partial charge in [0, 0.05) is 49.0 Å². The number of carbonyl (C=O) groups is 2. The van der Waals surface area contributed by atoms with Gasteiger partial charge in [-0.05, 0) is 48.5 Å². The SMILES string of the molecule is COc1ccccc1NC(=O)CN1CCN(C(=O)c2ccc(NS(=O)(=O)c3cccc4cccnc34)cc2)CC1. The predicted octanol–water partition coefficient (Wildman–Crippen LogP) is 3.44. The van der Waals surface area contributed by atoms with Crippen molar-refractivity contribution in [1.29, 1.82) is 0 Å². The number of hydrogen-bond acceptors (Lipinski definition) is 7. The Labute approximate surface area is 232 Å². The number of ether oxygens (including phenoxy) is 1. The van der Waals surface area contributed by atoms with E-state index in [-0.39, 0.29) is 23.3 Å². The van der Waals surface area contributed by atoms with Crippen molar-refractivity contribution in [3.8, 4) is 5.75 Å². The molecule has 1 aromatic heterocycles. The molecule has 1 aliphatic rings. The van der Waals surface area contributed by atoms with Gasteiger partial charge >= 0.3 is 0 Å². The van der Waals surface area contributed by atoms with E-state index in [1.54, 1.807) is 78.9 Å². The minimum atomic E-state index is -3.89. The van der Waals surface area contributed by atoms with Crippen LogP contribution in [-0.2, 0) is 14.8 Å². The van der Waals surface area contributed by atoms with Crippen molar-refractivity contribution in [1.82, 2.24) is 14.8 Å². The van der Waals surface area contributed by atoms with Crippen LogP contribution in [0.5, 0.6) is 5.75 Å². The summed E-state index contributed by atoms with van der Waals surface area (Å²) in [5, 5.41) is 3.60. The summed E-state index contributed by atoms with van der Waals surface area (Å²) in [7, 11) is -2.33. The van der Waals surface area contributed by atoms with Crippen molar-refractivity contribution in [3.05, 3.63) is 90.6 Å². The molecule has 1 aliphatic heterocycles. The van der Waals surface area contributed by atoms with Crippen molar-refractivity contribution in [2.45, 2.75) is 4.90 Å². The fraction of sp³-hybridized carbons (Fsp3) is 0.207. The zero-order valence-electron chi connectivity index (χ0n) is 21.9. The topological polar surface area (TPSA) is 121 Å². The number of aromatic nitrogens is 1. The Morgan fingerprint density at radius 2 is 1.62 bits per heavy atom. The standard InChI is InChI=1S/C29H29N5O5S/c1-39-25-9-3-2-8-24(25)31-27(35)20-33-16-18-34(19-17-33)29(36)22-11-13-23(14-12-22)32-40(37,38)26-10-4-6-21-7-5-15-30-28(21)26/h2-15,32H,16-20H2,1H3,(H,31,35). The molecule has 2 heterocycles. The summed E-state index contributed by atoms with van der Waals surface area (Å²) in [5.74, 6) is 0.294. The van der Waals surface area contributed by atoms with E-state index in [0.717, 1.165) is 5.39 Å². The first-order chi connectivity index (χ1) is 19.3. The molecule has 10 nitrogen and oxygen atoms in total. The highest BCUT2D eigenvalue weighted by Gasteiger charge is 2.24. The van der Waals surface area contributed by atoms with E-state index in [4.69, 9.17) is 4.74 Å². The number of anilines is 2. The van der Waals surface area contributed by atoms with Crippen LogP contribution in [0.3, 0.4) is 0 Å². The molecule has 40 heavy (non-hydrogen) atoms. The van der Waals surface area contributed by atoms with Crippen LogP contribution in [0.4, 0.5) is 11.4 Å². The van der Waals surface area contributed by atoms with E-state index in [2.05, 4.69) is 15.0 Å². The lowest BCUT2D eigenvalue weighted by molar-refractivity contribution is -0.117. The number of carbonyl (C=O) groups excluding carboxylic acids is 2. The third-order valence-corrected chi connectivity index (χ3v) is 8.09. The van der Waals surface area contributed by atoms with Gasteiger partial charge in [0.25, 0.3) is 15.9 Å². The number of fused-ring (bicyclic) bond motifs is 1. The normalized spacial score (nSPS) is 14.1. The minimum absolute atomic E-state index is 0.0835. The maximum Gasteiger partial charge on any atom is 0.264 e. The average molecular weight is 560 g/mol. The molecule has 0 aliphatic carbocycles. The lowest BCUT2D eigenvalue weighted by Crippen LogP contribution is -2.50. The molecule has 0 saturated carbocycles. The van der Waals surface area contributed by atoms with Crippen LogP contribution in [0, 0.1) is 0 Å². The number of rotatable bonds is 8. The molecular weight excluding hydrogens is 530 g/mol. The van der Waals surface area contributed by atoms with Gasteiger partial charge in [0.05, 0.1) is 24.9 Å². The molecule has 5 rings (SSSR count). The minimum Gasteiger partial charge on any atom is -0.495 e. The van der Waals surface area contributed by atoms with E-state index in [1.165, 1.54) is 6.07 Å². The largest absolute Gasteiger partial charge is 0.495 e. The van der Waals surface area contributed by atoms with Crippen LogP contribution in [0.1, 0.15) is 10.4 Å². The molecule has 3 aromatic carbocycles. The van der Waals surface area contributed by atoms with Crippen LogP contribution in [0.15, 0.2) is 90.0 Å². The highest BCUT2D eigenvalue weighted by molar-refractivity contribution is 7.93. The summed E-state index contributed by atoms with van der Waals surface area (Å²) in [6, 6.07) is 22.1. The molecular formula is C29H29N5O5S. The van der Waals surface area contributed by atoms with Crippen LogP contribution >= 0.6 is 0 Å². The molecule has 1 fully saturated rings. The second-order valence-corrected chi connectivity index (χ2v) is 11.0. The number of para-hydroxylation sites is 3. The first kappa shape index (κ1) is 27.1. The average Bonchev–Trinajstić information content (AvgIpc) is 2.97. The molecule has 0 spiro atoms. The van der Waals surface area contributed by atoms with Gasteiger partial charge in [-0.15, -0.1) is 0 Å².